The predicted molar refractivity (Wildman–Crippen MR) is 74.8 cm³/mol. The Morgan fingerprint density at radius 2 is 2.21 bits per heavy atom. The van der Waals surface area contributed by atoms with E-state index in [1.54, 1.807) is 12.5 Å². The fraction of sp³-hybridized carbons (Fsp3) is 0.636. The first-order valence-electron chi connectivity index (χ1n) is 5.85. The molecule has 0 aliphatic rings. The van der Waals surface area contributed by atoms with Gasteiger partial charge in [-0.2, -0.15) is 0 Å². The van der Waals surface area contributed by atoms with Gasteiger partial charge in [-0.25, -0.2) is 13.1 Å². The first-order valence-corrected chi connectivity index (χ1v) is 8.22. The van der Waals surface area contributed by atoms with Crippen molar-refractivity contribution in [2.45, 2.75) is 11.5 Å². The summed E-state index contributed by atoms with van der Waals surface area (Å²) in [6.45, 7) is 2.02. The Hall–Kier alpha value is -0.510. The van der Waals surface area contributed by atoms with Gasteiger partial charge >= 0.3 is 0 Å². The number of ether oxygens (including phenoxy) is 1. The predicted octanol–water partition coefficient (Wildman–Crippen LogP) is 0.0969. The van der Waals surface area contributed by atoms with Crippen molar-refractivity contribution < 1.29 is 18.3 Å². The summed E-state index contributed by atoms with van der Waals surface area (Å²) in [6.07, 6.45) is 0. The Morgan fingerprint density at radius 1 is 1.47 bits per heavy atom. The van der Waals surface area contributed by atoms with Gasteiger partial charge in [0.15, 0.2) is 0 Å². The Balaban J connectivity index is 2.48. The van der Waals surface area contributed by atoms with E-state index in [0.717, 1.165) is 6.54 Å². The minimum absolute atomic E-state index is 0.166. The highest BCUT2D eigenvalue weighted by molar-refractivity contribution is 7.89. The topological polar surface area (TPSA) is 78.9 Å². The lowest BCUT2D eigenvalue weighted by atomic mass is 10.5. The van der Waals surface area contributed by atoms with Gasteiger partial charge in [-0.15, -0.1) is 11.3 Å². The van der Waals surface area contributed by atoms with Crippen LogP contribution < -0.4 is 4.72 Å². The third-order valence-corrected chi connectivity index (χ3v) is 5.18. The third kappa shape index (κ3) is 5.17. The smallest absolute Gasteiger partial charge is 0.241 e. The van der Waals surface area contributed by atoms with Crippen molar-refractivity contribution in [3.63, 3.8) is 0 Å². The van der Waals surface area contributed by atoms with Gasteiger partial charge in [0.25, 0.3) is 0 Å². The Labute approximate surface area is 118 Å². The van der Waals surface area contributed by atoms with Crippen LogP contribution in [0.4, 0.5) is 0 Å². The minimum atomic E-state index is -3.53. The average Bonchev–Trinajstić information content (AvgIpc) is 2.85. The molecule has 0 bridgehead atoms. The number of aliphatic hydroxyl groups is 1. The molecule has 1 aromatic heterocycles. The number of methoxy groups -OCH3 is 1. The van der Waals surface area contributed by atoms with Gasteiger partial charge in [0.2, 0.25) is 10.0 Å². The molecule has 0 atom stereocenters. The van der Waals surface area contributed by atoms with Gasteiger partial charge < -0.3 is 14.7 Å². The zero-order valence-corrected chi connectivity index (χ0v) is 12.8. The van der Waals surface area contributed by atoms with Crippen LogP contribution in [0.3, 0.4) is 0 Å². The lowest BCUT2D eigenvalue weighted by molar-refractivity contribution is 0.162. The molecule has 0 radical (unpaired) electrons. The van der Waals surface area contributed by atoms with Crippen LogP contribution in [0.1, 0.15) is 4.88 Å². The van der Waals surface area contributed by atoms with Gasteiger partial charge in [0, 0.05) is 31.6 Å². The maximum absolute atomic E-state index is 12.0. The van der Waals surface area contributed by atoms with E-state index in [2.05, 4.69) is 4.72 Å². The average molecular weight is 308 g/mol. The van der Waals surface area contributed by atoms with Crippen molar-refractivity contribution in [3.8, 4) is 0 Å². The van der Waals surface area contributed by atoms with Crippen LogP contribution in [0.15, 0.2) is 16.3 Å². The first-order chi connectivity index (χ1) is 9.01. The molecule has 110 valence electrons. The number of sulfonamides is 1. The van der Waals surface area contributed by atoms with Crippen LogP contribution in [-0.4, -0.2) is 58.8 Å². The van der Waals surface area contributed by atoms with Gasteiger partial charge in [-0.1, -0.05) is 0 Å². The monoisotopic (exact) mass is 308 g/mol. The van der Waals surface area contributed by atoms with Crippen LogP contribution in [-0.2, 0) is 21.4 Å². The van der Waals surface area contributed by atoms with E-state index in [1.807, 2.05) is 11.9 Å². The molecule has 0 fully saturated rings. The van der Waals surface area contributed by atoms with Gasteiger partial charge in [-0.3, -0.25) is 0 Å². The van der Waals surface area contributed by atoms with E-state index in [0.29, 0.717) is 24.6 Å². The molecule has 0 aromatic carbocycles. The van der Waals surface area contributed by atoms with Crippen molar-refractivity contribution in [2.24, 2.45) is 0 Å². The minimum Gasteiger partial charge on any atom is -0.391 e. The highest BCUT2D eigenvalue weighted by Gasteiger charge is 2.18. The number of nitrogens with one attached hydrogen (secondary N) is 1. The molecule has 0 saturated heterocycles. The number of thiophene rings is 1. The van der Waals surface area contributed by atoms with Crippen LogP contribution in [0.25, 0.3) is 0 Å². The highest BCUT2D eigenvalue weighted by atomic mass is 32.2. The van der Waals surface area contributed by atoms with E-state index in [1.165, 1.54) is 17.4 Å². The summed E-state index contributed by atoms with van der Waals surface area (Å²) < 4.78 is 31.5. The van der Waals surface area contributed by atoms with Crippen LogP contribution in [0.2, 0.25) is 0 Å². The zero-order valence-electron chi connectivity index (χ0n) is 11.1. The molecule has 8 heteroatoms. The molecule has 0 aliphatic carbocycles. The summed E-state index contributed by atoms with van der Waals surface area (Å²) in [5, 5.41) is 10.7. The molecule has 19 heavy (non-hydrogen) atoms. The SMILES string of the molecule is COCCN(C)CCNS(=O)(=O)c1ccsc1CO. The van der Waals surface area contributed by atoms with E-state index in [9.17, 15) is 8.42 Å². The number of hydrogen-bond acceptors (Lipinski definition) is 6. The Morgan fingerprint density at radius 3 is 2.84 bits per heavy atom. The standard InChI is InChI=1S/C11H20N2O4S2/c1-13(6-7-17-2)5-4-12-19(15,16)11-3-8-18-10(11)9-14/h3,8,12,14H,4-7,9H2,1-2H3. The summed E-state index contributed by atoms with van der Waals surface area (Å²) >= 11 is 1.23. The number of nitrogens with zero attached hydrogens (tertiary/aromatic N) is 1. The lowest BCUT2D eigenvalue weighted by Gasteiger charge is -2.16. The second-order valence-corrected chi connectivity index (χ2v) is 6.80. The van der Waals surface area contributed by atoms with Crippen LogP contribution in [0.5, 0.6) is 0 Å². The molecule has 1 rings (SSSR count). The molecular weight excluding hydrogens is 288 g/mol. The third-order valence-electron chi connectivity index (χ3n) is 2.60. The largest absolute Gasteiger partial charge is 0.391 e. The van der Waals surface area contributed by atoms with E-state index in [4.69, 9.17) is 9.84 Å². The molecule has 0 spiro atoms. The zero-order chi connectivity index (χ0) is 14.3. The summed E-state index contributed by atoms with van der Waals surface area (Å²) in [5.41, 5.74) is 0. The second kappa shape index (κ2) is 7.93. The summed E-state index contributed by atoms with van der Waals surface area (Å²) in [7, 11) is -0.00500. The Kier molecular flexibility index (Phi) is 6.90. The van der Waals surface area contributed by atoms with Gasteiger partial charge in [-0.05, 0) is 18.5 Å². The molecule has 0 saturated carbocycles. The summed E-state index contributed by atoms with van der Waals surface area (Å²) in [5.74, 6) is 0. The maximum atomic E-state index is 12.0. The van der Waals surface area contributed by atoms with Gasteiger partial charge in [0.05, 0.1) is 18.1 Å². The van der Waals surface area contributed by atoms with E-state index in [-0.39, 0.29) is 11.5 Å². The second-order valence-electron chi connectivity index (χ2n) is 4.06. The highest BCUT2D eigenvalue weighted by Crippen LogP contribution is 2.21. The summed E-state index contributed by atoms with van der Waals surface area (Å²) in [4.78, 5) is 2.60. The van der Waals surface area contributed by atoms with Crippen molar-refractivity contribution >= 4 is 21.4 Å². The molecule has 1 heterocycles. The van der Waals surface area contributed by atoms with Crippen molar-refractivity contribution in [1.29, 1.82) is 0 Å². The summed E-state index contributed by atoms with van der Waals surface area (Å²) in [6, 6.07) is 1.51. The lowest BCUT2D eigenvalue weighted by Crippen LogP contribution is -2.34. The molecular formula is C11H20N2O4S2. The fourth-order valence-electron chi connectivity index (χ4n) is 1.49. The van der Waals surface area contributed by atoms with Crippen molar-refractivity contribution in [2.75, 3.05) is 40.4 Å². The number of likely N-dealkylation sites (N-methyl/N-ethyl adjacent to an activating group) is 1. The molecule has 0 aliphatic heterocycles. The van der Waals surface area contributed by atoms with E-state index >= 15 is 0 Å². The van der Waals surface area contributed by atoms with Crippen molar-refractivity contribution in [1.82, 2.24) is 9.62 Å². The van der Waals surface area contributed by atoms with Crippen molar-refractivity contribution in [3.05, 3.63) is 16.3 Å². The molecule has 6 nitrogen and oxygen atoms in total. The number of aliphatic hydroxyl groups excluding tert-OH is 1. The molecule has 0 unspecified atom stereocenters. The van der Waals surface area contributed by atoms with Crippen LogP contribution in [0, 0.1) is 0 Å². The van der Waals surface area contributed by atoms with E-state index < -0.39 is 10.0 Å². The quantitative estimate of drug-likeness (QED) is 0.676. The maximum Gasteiger partial charge on any atom is 0.241 e. The number of rotatable bonds is 9. The molecule has 2 N–H and O–H groups in total. The Bertz CT molecular complexity index is 473. The molecule has 0 amide bonds. The van der Waals surface area contributed by atoms with Crippen LogP contribution >= 0.6 is 11.3 Å². The first kappa shape index (κ1) is 16.5. The number of hydrogen-bond donors (Lipinski definition) is 2. The normalized spacial score (nSPS) is 12.2. The van der Waals surface area contributed by atoms with Gasteiger partial charge in [0.1, 0.15) is 0 Å². The molecule has 1 aromatic rings. The fourth-order valence-corrected chi connectivity index (χ4v) is 3.80.